The molecule has 2 aromatic rings. The van der Waals surface area contributed by atoms with E-state index in [-0.39, 0.29) is 22.7 Å². The highest BCUT2D eigenvalue weighted by atomic mass is 35.5. The van der Waals surface area contributed by atoms with E-state index in [0.29, 0.717) is 6.61 Å². The van der Waals surface area contributed by atoms with Crippen molar-refractivity contribution in [1.82, 2.24) is 15.3 Å². The minimum Gasteiger partial charge on any atom is -0.382 e. The summed E-state index contributed by atoms with van der Waals surface area (Å²) in [5.74, 6) is -0.358. The van der Waals surface area contributed by atoms with E-state index in [1.54, 1.807) is 7.11 Å². The first-order valence-electron chi connectivity index (χ1n) is 6.02. The first-order valence-corrected chi connectivity index (χ1v) is 6.40. The van der Waals surface area contributed by atoms with Gasteiger partial charge >= 0.3 is 0 Å². The molecule has 0 aliphatic heterocycles. The molecule has 5 nitrogen and oxygen atoms in total. The molecule has 1 aromatic heterocycles. The molecule has 0 aliphatic carbocycles. The lowest BCUT2D eigenvalue weighted by atomic mass is 10.1. The molecule has 1 amide bonds. The van der Waals surface area contributed by atoms with Crippen molar-refractivity contribution < 1.29 is 9.53 Å². The minimum absolute atomic E-state index is 0.152. The lowest BCUT2D eigenvalue weighted by molar-refractivity contribution is 0.0891. The number of nitrogens with one attached hydrogen (secondary N) is 1. The van der Waals surface area contributed by atoms with Crippen molar-refractivity contribution in [3.8, 4) is 0 Å². The summed E-state index contributed by atoms with van der Waals surface area (Å²) in [4.78, 5) is 19.8. The van der Waals surface area contributed by atoms with Crippen molar-refractivity contribution in [2.45, 2.75) is 6.04 Å². The van der Waals surface area contributed by atoms with Crippen molar-refractivity contribution in [2.75, 3.05) is 13.7 Å². The Labute approximate surface area is 122 Å². The third-order valence-corrected chi connectivity index (χ3v) is 3.00. The Morgan fingerprint density at radius 1 is 1.40 bits per heavy atom. The number of amides is 1. The molecule has 1 aromatic carbocycles. The molecule has 0 bridgehead atoms. The Morgan fingerprint density at radius 3 is 2.80 bits per heavy atom. The molecule has 1 unspecified atom stereocenters. The van der Waals surface area contributed by atoms with Gasteiger partial charge in [0.25, 0.3) is 5.91 Å². The molecule has 0 radical (unpaired) electrons. The minimum atomic E-state index is -0.358. The predicted octanol–water partition coefficient (Wildman–Crippen LogP) is 2.25. The Hall–Kier alpha value is -1.98. The Morgan fingerprint density at radius 2 is 2.15 bits per heavy atom. The average Bonchev–Trinajstić information content (AvgIpc) is 2.48. The van der Waals surface area contributed by atoms with E-state index < -0.39 is 0 Å². The number of halogens is 1. The summed E-state index contributed by atoms with van der Waals surface area (Å²) in [6, 6.07) is 9.30. The maximum absolute atomic E-state index is 12.2. The highest BCUT2D eigenvalue weighted by Gasteiger charge is 2.18. The van der Waals surface area contributed by atoms with Crippen LogP contribution in [0.3, 0.4) is 0 Å². The van der Waals surface area contributed by atoms with Crippen LogP contribution in [0.4, 0.5) is 0 Å². The fourth-order valence-electron chi connectivity index (χ4n) is 1.78. The molecule has 0 aliphatic rings. The van der Waals surface area contributed by atoms with Gasteiger partial charge in [0.2, 0.25) is 0 Å². The molecular formula is C14H14ClN3O2. The maximum Gasteiger partial charge on any atom is 0.272 e. The van der Waals surface area contributed by atoms with E-state index in [1.165, 1.54) is 12.5 Å². The second-order valence-electron chi connectivity index (χ2n) is 4.11. The van der Waals surface area contributed by atoms with Crippen molar-refractivity contribution in [2.24, 2.45) is 0 Å². The molecule has 2 rings (SSSR count). The van der Waals surface area contributed by atoms with Crippen LogP contribution in [-0.2, 0) is 4.74 Å². The van der Waals surface area contributed by atoms with Gasteiger partial charge in [0.1, 0.15) is 12.0 Å². The highest BCUT2D eigenvalue weighted by Crippen LogP contribution is 2.16. The second-order valence-corrected chi connectivity index (χ2v) is 4.52. The largest absolute Gasteiger partial charge is 0.382 e. The van der Waals surface area contributed by atoms with Crippen LogP contribution in [0.15, 0.2) is 42.9 Å². The fraction of sp³-hybridized carbons (Fsp3) is 0.214. The topological polar surface area (TPSA) is 64.1 Å². The van der Waals surface area contributed by atoms with E-state index in [2.05, 4.69) is 15.3 Å². The third kappa shape index (κ3) is 3.53. The molecular weight excluding hydrogens is 278 g/mol. The van der Waals surface area contributed by atoms with Crippen LogP contribution in [0, 0.1) is 0 Å². The second kappa shape index (κ2) is 6.98. The van der Waals surface area contributed by atoms with Gasteiger partial charge in [-0.15, -0.1) is 0 Å². The monoisotopic (exact) mass is 291 g/mol. The van der Waals surface area contributed by atoms with E-state index in [1.807, 2.05) is 30.3 Å². The highest BCUT2D eigenvalue weighted by molar-refractivity contribution is 6.33. The number of methoxy groups -OCH3 is 1. The molecule has 6 heteroatoms. The summed E-state index contributed by atoms with van der Waals surface area (Å²) >= 11 is 5.91. The number of carbonyl (C=O) groups is 1. The first-order chi connectivity index (χ1) is 9.72. The van der Waals surface area contributed by atoms with Gasteiger partial charge in [-0.25, -0.2) is 9.97 Å². The molecule has 1 atom stereocenters. The normalized spacial score (nSPS) is 11.9. The fourth-order valence-corrected chi connectivity index (χ4v) is 1.97. The van der Waals surface area contributed by atoms with Gasteiger partial charge < -0.3 is 10.1 Å². The molecule has 20 heavy (non-hydrogen) atoms. The van der Waals surface area contributed by atoms with Crippen molar-refractivity contribution in [3.63, 3.8) is 0 Å². The number of rotatable bonds is 5. The van der Waals surface area contributed by atoms with Gasteiger partial charge in [-0.1, -0.05) is 41.9 Å². The van der Waals surface area contributed by atoms with Crippen LogP contribution in [0.5, 0.6) is 0 Å². The van der Waals surface area contributed by atoms with Crippen molar-refractivity contribution in [3.05, 3.63) is 59.1 Å². The van der Waals surface area contributed by atoms with Crippen LogP contribution in [0.2, 0.25) is 5.02 Å². The molecule has 0 spiro atoms. The summed E-state index contributed by atoms with van der Waals surface area (Å²) in [7, 11) is 1.58. The standard InChI is InChI=1S/C14H14ClN3O2/c1-20-8-12(10-5-3-2-4-6-10)18-14(19)13-11(15)7-16-9-17-13/h2-7,9,12H,8H2,1H3,(H,18,19). The van der Waals surface area contributed by atoms with Crippen LogP contribution < -0.4 is 5.32 Å². The van der Waals surface area contributed by atoms with Crippen molar-refractivity contribution in [1.29, 1.82) is 0 Å². The molecule has 1 N–H and O–H groups in total. The van der Waals surface area contributed by atoms with E-state index >= 15 is 0 Å². The molecule has 0 saturated carbocycles. The quantitative estimate of drug-likeness (QED) is 0.918. The molecule has 0 fully saturated rings. The number of carbonyl (C=O) groups excluding carboxylic acids is 1. The molecule has 0 saturated heterocycles. The first kappa shape index (κ1) is 14.4. The predicted molar refractivity (Wildman–Crippen MR) is 75.6 cm³/mol. The number of aromatic nitrogens is 2. The van der Waals surface area contributed by atoms with E-state index in [9.17, 15) is 4.79 Å². The van der Waals surface area contributed by atoms with Gasteiger partial charge in [-0.05, 0) is 5.56 Å². The number of nitrogens with zero attached hydrogens (tertiary/aromatic N) is 2. The maximum atomic E-state index is 12.2. The van der Waals surface area contributed by atoms with Gasteiger partial charge in [0, 0.05) is 13.3 Å². The number of benzene rings is 1. The zero-order valence-electron chi connectivity index (χ0n) is 10.9. The average molecular weight is 292 g/mol. The number of hydrogen-bond donors (Lipinski definition) is 1. The third-order valence-electron chi connectivity index (χ3n) is 2.72. The zero-order chi connectivity index (χ0) is 14.4. The zero-order valence-corrected chi connectivity index (χ0v) is 11.7. The number of hydrogen-bond acceptors (Lipinski definition) is 4. The van der Waals surface area contributed by atoms with Gasteiger partial charge in [-0.2, -0.15) is 0 Å². The SMILES string of the molecule is COCC(NC(=O)c1ncncc1Cl)c1ccccc1. The van der Waals surface area contributed by atoms with Crippen LogP contribution in [0.1, 0.15) is 22.1 Å². The van der Waals surface area contributed by atoms with Gasteiger partial charge in [-0.3, -0.25) is 4.79 Å². The molecule has 1 heterocycles. The van der Waals surface area contributed by atoms with Crippen LogP contribution in [0.25, 0.3) is 0 Å². The summed E-state index contributed by atoms with van der Waals surface area (Å²) < 4.78 is 5.14. The van der Waals surface area contributed by atoms with Crippen LogP contribution >= 0.6 is 11.6 Å². The number of ether oxygens (including phenoxy) is 1. The van der Waals surface area contributed by atoms with E-state index in [0.717, 1.165) is 5.56 Å². The van der Waals surface area contributed by atoms with Gasteiger partial charge in [0.15, 0.2) is 0 Å². The molecule has 104 valence electrons. The Balaban J connectivity index is 2.17. The van der Waals surface area contributed by atoms with Gasteiger partial charge in [0.05, 0.1) is 17.7 Å². The van der Waals surface area contributed by atoms with Crippen molar-refractivity contribution >= 4 is 17.5 Å². The summed E-state index contributed by atoms with van der Waals surface area (Å²) in [5.41, 5.74) is 1.10. The summed E-state index contributed by atoms with van der Waals surface area (Å²) in [6.07, 6.45) is 2.67. The lowest BCUT2D eigenvalue weighted by Gasteiger charge is -2.18. The van der Waals surface area contributed by atoms with E-state index in [4.69, 9.17) is 16.3 Å². The summed E-state index contributed by atoms with van der Waals surface area (Å²) in [6.45, 7) is 0.360. The summed E-state index contributed by atoms with van der Waals surface area (Å²) in [5, 5.41) is 3.07. The Bertz CT molecular complexity index is 578. The van der Waals surface area contributed by atoms with Crippen LogP contribution in [-0.4, -0.2) is 29.6 Å². The smallest absolute Gasteiger partial charge is 0.272 e. The lowest BCUT2D eigenvalue weighted by Crippen LogP contribution is -2.32. The Kier molecular flexibility index (Phi) is 5.03.